The van der Waals surface area contributed by atoms with Gasteiger partial charge < -0.3 is 9.30 Å². The van der Waals surface area contributed by atoms with E-state index in [2.05, 4.69) is 49.2 Å². The maximum atomic E-state index is 5.86. The minimum absolute atomic E-state index is 0.565. The van der Waals surface area contributed by atoms with Crippen molar-refractivity contribution >= 4 is 6.21 Å². The standard InChI is InChI=1S/C22H21N5O/c1-23-14-20-22(25-26-24-20)21-8-5-13-27(21)15-17-9-11-19(12-10-17)28-16-18-6-3-2-4-7-18/h2-14H,15-16H2,1H3,(H,24,25,26)/b23-14+. The molecule has 0 aliphatic carbocycles. The number of rotatable bonds is 7. The molecule has 6 nitrogen and oxygen atoms in total. The Morgan fingerprint density at radius 2 is 1.82 bits per heavy atom. The van der Waals surface area contributed by atoms with Crippen molar-refractivity contribution < 1.29 is 4.74 Å². The van der Waals surface area contributed by atoms with Gasteiger partial charge in [-0.2, -0.15) is 0 Å². The molecule has 0 bridgehead atoms. The molecule has 0 spiro atoms. The van der Waals surface area contributed by atoms with Crippen LogP contribution in [-0.2, 0) is 13.2 Å². The molecule has 28 heavy (non-hydrogen) atoms. The lowest BCUT2D eigenvalue weighted by atomic mass is 10.2. The molecule has 2 aromatic carbocycles. The number of nitrogens with zero attached hydrogens (tertiary/aromatic N) is 4. The van der Waals surface area contributed by atoms with E-state index in [-0.39, 0.29) is 0 Å². The molecule has 4 aromatic rings. The maximum absolute atomic E-state index is 5.86. The molecule has 0 saturated carbocycles. The fourth-order valence-corrected chi connectivity index (χ4v) is 3.04. The maximum Gasteiger partial charge on any atom is 0.138 e. The minimum atomic E-state index is 0.565. The van der Waals surface area contributed by atoms with Gasteiger partial charge in [0, 0.05) is 26.0 Å². The minimum Gasteiger partial charge on any atom is -0.489 e. The molecule has 140 valence electrons. The molecule has 6 heteroatoms. The van der Waals surface area contributed by atoms with Gasteiger partial charge in [-0.3, -0.25) is 10.1 Å². The van der Waals surface area contributed by atoms with Crippen LogP contribution < -0.4 is 4.74 Å². The lowest BCUT2D eigenvalue weighted by molar-refractivity contribution is 0.306. The summed E-state index contributed by atoms with van der Waals surface area (Å²) in [7, 11) is 1.73. The highest BCUT2D eigenvalue weighted by molar-refractivity contribution is 5.85. The van der Waals surface area contributed by atoms with Crippen LogP contribution in [0, 0.1) is 0 Å². The zero-order chi connectivity index (χ0) is 19.2. The van der Waals surface area contributed by atoms with E-state index in [9.17, 15) is 0 Å². The van der Waals surface area contributed by atoms with Crippen molar-refractivity contribution in [1.82, 2.24) is 20.0 Å². The molecule has 0 radical (unpaired) electrons. The van der Waals surface area contributed by atoms with E-state index in [1.807, 2.05) is 48.7 Å². The van der Waals surface area contributed by atoms with Crippen LogP contribution in [0.3, 0.4) is 0 Å². The van der Waals surface area contributed by atoms with Crippen LogP contribution in [0.2, 0.25) is 0 Å². The number of aromatic nitrogens is 4. The fourth-order valence-electron chi connectivity index (χ4n) is 3.04. The van der Waals surface area contributed by atoms with E-state index < -0.39 is 0 Å². The van der Waals surface area contributed by atoms with Gasteiger partial charge in [0.25, 0.3) is 0 Å². The number of hydrogen-bond donors (Lipinski definition) is 1. The Balaban J connectivity index is 1.45. The molecule has 4 rings (SSSR count). The summed E-state index contributed by atoms with van der Waals surface area (Å²) in [5, 5.41) is 11.0. The summed E-state index contributed by atoms with van der Waals surface area (Å²) in [5.41, 5.74) is 4.92. The molecule has 0 amide bonds. The van der Waals surface area contributed by atoms with Crippen LogP contribution in [0.4, 0.5) is 0 Å². The highest BCUT2D eigenvalue weighted by Crippen LogP contribution is 2.22. The monoisotopic (exact) mass is 371 g/mol. The quantitative estimate of drug-likeness (QED) is 0.500. The summed E-state index contributed by atoms with van der Waals surface area (Å²) in [6.45, 7) is 1.30. The van der Waals surface area contributed by atoms with Crippen LogP contribution in [0.25, 0.3) is 11.4 Å². The predicted molar refractivity (Wildman–Crippen MR) is 110 cm³/mol. The lowest BCUT2D eigenvalue weighted by Crippen LogP contribution is -2.02. The Bertz CT molecular complexity index is 1050. The molecule has 2 aromatic heterocycles. The Morgan fingerprint density at radius 1 is 1.00 bits per heavy atom. The first kappa shape index (κ1) is 17.7. The van der Waals surface area contributed by atoms with Crippen LogP contribution in [0.1, 0.15) is 16.8 Å². The average Bonchev–Trinajstić information content (AvgIpc) is 3.37. The van der Waals surface area contributed by atoms with Gasteiger partial charge in [0.15, 0.2) is 0 Å². The van der Waals surface area contributed by atoms with Gasteiger partial charge in [0.2, 0.25) is 0 Å². The third-order valence-electron chi connectivity index (χ3n) is 4.43. The van der Waals surface area contributed by atoms with Gasteiger partial charge in [-0.1, -0.05) is 47.7 Å². The Morgan fingerprint density at radius 3 is 2.61 bits per heavy atom. The molecular formula is C22H21N5O. The molecule has 0 atom stereocenters. The third-order valence-corrected chi connectivity index (χ3v) is 4.43. The molecule has 1 N–H and O–H groups in total. The largest absolute Gasteiger partial charge is 0.489 e. The van der Waals surface area contributed by atoms with Gasteiger partial charge in [-0.05, 0) is 35.4 Å². The zero-order valence-electron chi connectivity index (χ0n) is 15.6. The van der Waals surface area contributed by atoms with Crippen LogP contribution in [0.5, 0.6) is 5.75 Å². The first-order valence-corrected chi connectivity index (χ1v) is 9.08. The van der Waals surface area contributed by atoms with E-state index in [1.54, 1.807) is 13.3 Å². The second-order valence-electron chi connectivity index (χ2n) is 6.40. The predicted octanol–water partition coefficient (Wildman–Crippen LogP) is 3.95. The normalized spacial score (nSPS) is 11.2. The summed E-state index contributed by atoms with van der Waals surface area (Å²) >= 11 is 0. The zero-order valence-corrected chi connectivity index (χ0v) is 15.6. The van der Waals surface area contributed by atoms with E-state index in [0.29, 0.717) is 6.61 Å². The third kappa shape index (κ3) is 4.01. The van der Waals surface area contributed by atoms with Crippen molar-refractivity contribution in [2.75, 3.05) is 7.05 Å². The molecule has 0 saturated heterocycles. The first-order chi connectivity index (χ1) is 13.8. The van der Waals surface area contributed by atoms with Crippen LogP contribution >= 0.6 is 0 Å². The first-order valence-electron chi connectivity index (χ1n) is 9.08. The van der Waals surface area contributed by atoms with Gasteiger partial charge >= 0.3 is 0 Å². The van der Waals surface area contributed by atoms with Crippen molar-refractivity contribution in [3.05, 3.63) is 89.7 Å². The Hall–Kier alpha value is -3.67. The van der Waals surface area contributed by atoms with Crippen molar-refractivity contribution in [3.8, 4) is 17.1 Å². The number of aliphatic imine (C=N–C) groups is 1. The SMILES string of the molecule is C/N=C/c1[nH]nnc1-c1cccn1Cc1ccc(OCc2ccccc2)cc1. The summed E-state index contributed by atoms with van der Waals surface area (Å²) in [5.74, 6) is 0.860. The molecule has 0 unspecified atom stereocenters. The Kier molecular flexibility index (Phi) is 5.29. The van der Waals surface area contributed by atoms with Gasteiger partial charge in [-0.15, -0.1) is 5.10 Å². The highest BCUT2D eigenvalue weighted by Gasteiger charge is 2.12. The number of ether oxygens (including phenoxy) is 1. The molecule has 0 fully saturated rings. The summed E-state index contributed by atoms with van der Waals surface area (Å²) < 4.78 is 8.01. The summed E-state index contributed by atoms with van der Waals surface area (Å²) in [6, 6.07) is 22.4. The van der Waals surface area contributed by atoms with Gasteiger partial charge in [-0.25, -0.2) is 0 Å². The van der Waals surface area contributed by atoms with Crippen molar-refractivity contribution in [1.29, 1.82) is 0 Å². The molecule has 0 aliphatic heterocycles. The van der Waals surface area contributed by atoms with E-state index in [1.165, 1.54) is 5.56 Å². The van der Waals surface area contributed by atoms with Crippen LogP contribution in [-0.4, -0.2) is 33.2 Å². The van der Waals surface area contributed by atoms with Crippen molar-refractivity contribution in [2.45, 2.75) is 13.2 Å². The molecular weight excluding hydrogens is 350 g/mol. The smallest absolute Gasteiger partial charge is 0.138 e. The number of aromatic amines is 1. The number of hydrogen-bond acceptors (Lipinski definition) is 4. The average molecular weight is 371 g/mol. The molecule has 2 heterocycles. The summed E-state index contributed by atoms with van der Waals surface area (Å²) in [4.78, 5) is 4.05. The van der Waals surface area contributed by atoms with E-state index in [0.717, 1.165) is 34.9 Å². The van der Waals surface area contributed by atoms with E-state index >= 15 is 0 Å². The number of H-pyrrole nitrogens is 1. The van der Waals surface area contributed by atoms with E-state index in [4.69, 9.17) is 4.74 Å². The van der Waals surface area contributed by atoms with Crippen LogP contribution in [0.15, 0.2) is 77.9 Å². The second-order valence-corrected chi connectivity index (χ2v) is 6.40. The number of nitrogens with one attached hydrogen (secondary N) is 1. The Labute approximate surface area is 163 Å². The molecule has 0 aliphatic rings. The fraction of sp³-hybridized carbons (Fsp3) is 0.136. The lowest BCUT2D eigenvalue weighted by Gasteiger charge is -2.10. The second kappa shape index (κ2) is 8.35. The highest BCUT2D eigenvalue weighted by atomic mass is 16.5. The van der Waals surface area contributed by atoms with Crippen molar-refractivity contribution in [3.63, 3.8) is 0 Å². The van der Waals surface area contributed by atoms with Gasteiger partial charge in [0.05, 0.1) is 5.69 Å². The number of benzene rings is 2. The summed E-state index contributed by atoms with van der Waals surface area (Å²) in [6.07, 6.45) is 3.77. The van der Waals surface area contributed by atoms with Gasteiger partial charge in [0.1, 0.15) is 23.7 Å². The van der Waals surface area contributed by atoms with Crippen molar-refractivity contribution in [2.24, 2.45) is 4.99 Å². The topological polar surface area (TPSA) is 68.1 Å².